The van der Waals surface area contributed by atoms with E-state index in [-0.39, 0.29) is 22.6 Å². The summed E-state index contributed by atoms with van der Waals surface area (Å²) >= 11 is 0. The zero-order chi connectivity index (χ0) is 22.6. The first-order chi connectivity index (χ1) is 14.6. The molecular weight excluding hydrogens is 414 g/mol. The van der Waals surface area contributed by atoms with Crippen LogP contribution < -0.4 is 10.5 Å². The van der Waals surface area contributed by atoms with Gasteiger partial charge in [0.05, 0.1) is 4.90 Å². The Balaban J connectivity index is 1.65. The van der Waals surface area contributed by atoms with Crippen LogP contribution in [0.3, 0.4) is 0 Å². The van der Waals surface area contributed by atoms with Gasteiger partial charge in [-0.05, 0) is 41.2 Å². The minimum absolute atomic E-state index is 0.0109. The highest BCUT2D eigenvalue weighted by molar-refractivity contribution is 7.89. The number of sulfonamides is 1. The van der Waals surface area contributed by atoms with Gasteiger partial charge in [-0.15, -0.1) is 0 Å². The third kappa shape index (κ3) is 5.92. The van der Waals surface area contributed by atoms with Gasteiger partial charge in [0.25, 0.3) is 0 Å². The maximum absolute atomic E-state index is 13.0. The molecule has 0 spiro atoms. The van der Waals surface area contributed by atoms with Crippen LogP contribution >= 0.6 is 0 Å². The molecule has 1 heterocycles. The van der Waals surface area contributed by atoms with Crippen molar-refractivity contribution in [3.8, 4) is 0 Å². The molecule has 0 fully saturated rings. The molecule has 1 aliphatic heterocycles. The fraction of sp³-hybridized carbons (Fsp3) is 0.391. The number of amides is 2. The van der Waals surface area contributed by atoms with E-state index in [2.05, 4.69) is 5.32 Å². The van der Waals surface area contributed by atoms with Crippen LogP contribution in [0, 0.1) is 5.92 Å². The Morgan fingerprint density at radius 3 is 2.35 bits per heavy atom. The van der Waals surface area contributed by atoms with Crippen molar-refractivity contribution in [3.63, 3.8) is 0 Å². The van der Waals surface area contributed by atoms with E-state index in [9.17, 15) is 18.0 Å². The third-order valence-corrected chi connectivity index (χ3v) is 6.35. The summed E-state index contributed by atoms with van der Waals surface area (Å²) in [6, 6.07) is 13.6. The van der Waals surface area contributed by atoms with Crippen molar-refractivity contribution in [2.45, 2.75) is 50.6 Å². The smallest absolute Gasteiger partial charge is 0.243 e. The van der Waals surface area contributed by atoms with Gasteiger partial charge in [0.15, 0.2) is 0 Å². The summed E-state index contributed by atoms with van der Waals surface area (Å²) in [6.07, 6.45) is 1.44. The maximum Gasteiger partial charge on any atom is 0.243 e. The van der Waals surface area contributed by atoms with Gasteiger partial charge in [-0.1, -0.05) is 50.2 Å². The Morgan fingerprint density at radius 2 is 1.74 bits per heavy atom. The van der Waals surface area contributed by atoms with E-state index in [0.717, 1.165) is 16.7 Å². The molecule has 31 heavy (non-hydrogen) atoms. The van der Waals surface area contributed by atoms with Crippen LogP contribution in [0.25, 0.3) is 0 Å². The SMILES string of the molecule is CC(C)CC(=O)N1Cc2ccccc2CC1C(=O)NCCc1ccc(S(N)(=O)=O)cc1. The first kappa shape index (κ1) is 23.0. The lowest BCUT2D eigenvalue weighted by molar-refractivity contribution is -0.142. The van der Waals surface area contributed by atoms with Crippen LogP contribution in [0.5, 0.6) is 0 Å². The molecule has 0 bridgehead atoms. The normalized spacial score (nSPS) is 16.1. The Bertz CT molecular complexity index is 1050. The molecule has 0 saturated carbocycles. The molecule has 0 radical (unpaired) electrons. The molecule has 0 saturated heterocycles. The number of rotatable bonds is 7. The number of carbonyl (C=O) groups excluding carboxylic acids is 2. The summed E-state index contributed by atoms with van der Waals surface area (Å²) in [5, 5.41) is 8.05. The summed E-state index contributed by atoms with van der Waals surface area (Å²) in [4.78, 5) is 27.6. The zero-order valence-electron chi connectivity index (χ0n) is 17.9. The number of carbonyl (C=O) groups is 2. The Labute approximate surface area is 183 Å². The average molecular weight is 444 g/mol. The second-order valence-corrected chi connectivity index (χ2v) is 9.90. The lowest BCUT2D eigenvalue weighted by Crippen LogP contribution is -2.53. The molecule has 1 atom stereocenters. The predicted octanol–water partition coefficient (Wildman–Crippen LogP) is 1.99. The fourth-order valence-electron chi connectivity index (χ4n) is 3.78. The van der Waals surface area contributed by atoms with E-state index >= 15 is 0 Å². The van der Waals surface area contributed by atoms with Gasteiger partial charge in [-0.25, -0.2) is 13.6 Å². The molecule has 8 heteroatoms. The van der Waals surface area contributed by atoms with E-state index in [1.54, 1.807) is 17.0 Å². The van der Waals surface area contributed by atoms with Crippen molar-refractivity contribution < 1.29 is 18.0 Å². The third-order valence-electron chi connectivity index (χ3n) is 5.42. The molecule has 0 aromatic heterocycles. The van der Waals surface area contributed by atoms with Gasteiger partial charge in [0.2, 0.25) is 21.8 Å². The molecule has 166 valence electrons. The summed E-state index contributed by atoms with van der Waals surface area (Å²) in [6.45, 7) is 4.81. The largest absolute Gasteiger partial charge is 0.354 e. The van der Waals surface area contributed by atoms with Crippen LogP contribution in [0.2, 0.25) is 0 Å². The molecule has 3 rings (SSSR count). The molecular formula is C23H29N3O4S. The number of hydrogen-bond acceptors (Lipinski definition) is 4. The van der Waals surface area contributed by atoms with Crippen molar-refractivity contribution in [2.24, 2.45) is 11.1 Å². The van der Waals surface area contributed by atoms with E-state index < -0.39 is 16.1 Å². The molecule has 0 aliphatic carbocycles. The maximum atomic E-state index is 13.0. The monoisotopic (exact) mass is 443 g/mol. The Hall–Kier alpha value is -2.71. The minimum atomic E-state index is -3.72. The van der Waals surface area contributed by atoms with Gasteiger partial charge in [0.1, 0.15) is 6.04 Å². The van der Waals surface area contributed by atoms with Gasteiger partial charge in [0, 0.05) is 25.9 Å². The van der Waals surface area contributed by atoms with Gasteiger partial charge in [-0.2, -0.15) is 0 Å². The molecule has 1 aliphatic rings. The Kier molecular flexibility index (Phi) is 7.12. The molecule has 1 unspecified atom stereocenters. The number of hydrogen-bond donors (Lipinski definition) is 2. The molecule has 2 aromatic rings. The fourth-order valence-corrected chi connectivity index (χ4v) is 4.29. The van der Waals surface area contributed by atoms with E-state index in [1.165, 1.54) is 12.1 Å². The summed E-state index contributed by atoms with van der Waals surface area (Å²) in [5.74, 6) is 0.0321. The zero-order valence-corrected chi connectivity index (χ0v) is 18.7. The number of nitrogens with zero attached hydrogens (tertiary/aromatic N) is 1. The van der Waals surface area contributed by atoms with Gasteiger partial charge >= 0.3 is 0 Å². The van der Waals surface area contributed by atoms with Crippen molar-refractivity contribution in [2.75, 3.05) is 6.54 Å². The van der Waals surface area contributed by atoms with Crippen molar-refractivity contribution in [3.05, 3.63) is 65.2 Å². The van der Waals surface area contributed by atoms with Gasteiger partial charge < -0.3 is 10.2 Å². The lowest BCUT2D eigenvalue weighted by atomic mass is 9.92. The van der Waals surface area contributed by atoms with Crippen molar-refractivity contribution in [1.82, 2.24) is 10.2 Å². The van der Waals surface area contributed by atoms with Crippen LogP contribution in [-0.4, -0.2) is 37.7 Å². The molecule has 7 nitrogen and oxygen atoms in total. The first-order valence-corrected chi connectivity index (χ1v) is 12.0. The summed E-state index contributed by atoms with van der Waals surface area (Å²) in [5.41, 5.74) is 3.06. The standard InChI is InChI=1S/C23H29N3O4S/c1-16(2)13-22(27)26-15-19-6-4-3-5-18(19)14-21(26)23(28)25-12-11-17-7-9-20(10-8-17)31(24,29)30/h3-10,16,21H,11-15H2,1-2H3,(H,25,28)(H2,24,29,30). The minimum Gasteiger partial charge on any atom is -0.354 e. The highest BCUT2D eigenvalue weighted by atomic mass is 32.2. The average Bonchev–Trinajstić information content (AvgIpc) is 2.72. The molecule has 2 aromatic carbocycles. The number of nitrogens with one attached hydrogen (secondary N) is 1. The highest BCUT2D eigenvalue weighted by Gasteiger charge is 2.34. The quantitative estimate of drug-likeness (QED) is 0.682. The van der Waals surface area contributed by atoms with Crippen LogP contribution in [0.1, 0.15) is 37.0 Å². The number of primary sulfonamides is 1. The van der Waals surface area contributed by atoms with Crippen molar-refractivity contribution in [1.29, 1.82) is 0 Å². The van der Waals surface area contributed by atoms with Crippen LogP contribution in [0.15, 0.2) is 53.4 Å². The second kappa shape index (κ2) is 9.62. The number of benzene rings is 2. The summed E-state index contributed by atoms with van der Waals surface area (Å²) < 4.78 is 22.7. The lowest BCUT2D eigenvalue weighted by Gasteiger charge is -2.36. The topological polar surface area (TPSA) is 110 Å². The van der Waals surface area contributed by atoms with E-state index in [0.29, 0.717) is 32.4 Å². The second-order valence-electron chi connectivity index (χ2n) is 8.34. The molecule has 2 amide bonds. The number of nitrogens with two attached hydrogens (primary N) is 1. The van der Waals surface area contributed by atoms with Gasteiger partial charge in [-0.3, -0.25) is 9.59 Å². The highest BCUT2D eigenvalue weighted by Crippen LogP contribution is 2.25. The Morgan fingerprint density at radius 1 is 1.10 bits per heavy atom. The van der Waals surface area contributed by atoms with E-state index in [4.69, 9.17) is 5.14 Å². The molecule has 3 N–H and O–H groups in total. The van der Waals surface area contributed by atoms with E-state index in [1.807, 2.05) is 38.1 Å². The van der Waals surface area contributed by atoms with Crippen LogP contribution in [0.4, 0.5) is 0 Å². The van der Waals surface area contributed by atoms with Crippen molar-refractivity contribution >= 4 is 21.8 Å². The first-order valence-electron chi connectivity index (χ1n) is 10.4. The van der Waals surface area contributed by atoms with Crippen LogP contribution in [-0.2, 0) is 39.0 Å². The number of fused-ring (bicyclic) bond motifs is 1. The predicted molar refractivity (Wildman–Crippen MR) is 118 cm³/mol. The summed E-state index contributed by atoms with van der Waals surface area (Å²) in [7, 11) is -3.72.